The van der Waals surface area contributed by atoms with Gasteiger partial charge in [-0.25, -0.2) is 4.98 Å². The molecule has 0 spiro atoms. The number of hydrogen-bond acceptors (Lipinski definition) is 7. The number of para-hydroxylation sites is 1. The van der Waals surface area contributed by atoms with Crippen LogP contribution in [0.1, 0.15) is 18.4 Å². The fourth-order valence-electron chi connectivity index (χ4n) is 3.07. The van der Waals surface area contributed by atoms with Crippen molar-refractivity contribution in [1.82, 2.24) is 9.97 Å². The van der Waals surface area contributed by atoms with Crippen LogP contribution in [-0.4, -0.2) is 37.0 Å². The van der Waals surface area contributed by atoms with Gasteiger partial charge in [0.2, 0.25) is 5.95 Å². The highest BCUT2D eigenvalue weighted by Crippen LogP contribution is 2.39. The van der Waals surface area contributed by atoms with Gasteiger partial charge in [0.1, 0.15) is 17.9 Å². The molecule has 9 heteroatoms. The maximum absolute atomic E-state index is 12.6. The third-order valence-electron chi connectivity index (χ3n) is 4.88. The Labute approximate surface area is 187 Å². The van der Waals surface area contributed by atoms with Crippen molar-refractivity contribution in [1.29, 1.82) is 0 Å². The van der Waals surface area contributed by atoms with Gasteiger partial charge in [0.05, 0.1) is 24.7 Å². The SMILES string of the molecule is COc1cc(C(C)CN)ccc1Nc1ncc(Cl)c(Nc2ccccc2P(C)(C)=O)n1. The summed E-state index contributed by atoms with van der Waals surface area (Å²) in [5, 5.41) is 7.44. The molecular formula is C22H27ClN5O2P. The minimum absolute atomic E-state index is 0.221. The van der Waals surface area contributed by atoms with Crippen molar-refractivity contribution < 1.29 is 9.30 Å². The van der Waals surface area contributed by atoms with E-state index in [0.29, 0.717) is 34.8 Å². The largest absolute Gasteiger partial charge is 0.495 e. The summed E-state index contributed by atoms with van der Waals surface area (Å²) in [4.78, 5) is 8.78. The highest BCUT2D eigenvalue weighted by atomic mass is 35.5. The first-order valence-corrected chi connectivity index (χ1v) is 12.8. The number of rotatable bonds is 8. The number of nitrogens with two attached hydrogens (primary N) is 1. The zero-order chi connectivity index (χ0) is 22.6. The molecule has 31 heavy (non-hydrogen) atoms. The standard InChI is InChI=1S/C22H27ClN5O2P/c1-14(12-24)15-9-10-17(19(11-15)30-2)27-22-25-13-16(23)21(28-22)26-18-7-5-6-8-20(18)31(3,4)29/h5-11,13-14H,12,24H2,1-4H3,(H2,25,26,27,28). The molecule has 3 aromatic rings. The van der Waals surface area contributed by atoms with Crippen molar-refractivity contribution in [3.8, 4) is 5.75 Å². The summed E-state index contributed by atoms with van der Waals surface area (Å²) < 4.78 is 18.2. The minimum Gasteiger partial charge on any atom is -0.495 e. The van der Waals surface area contributed by atoms with Gasteiger partial charge in [0.15, 0.2) is 5.82 Å². The van der Waals surface area contributed by atoms with Crippen molar-refractivity contribution in [2.45, 2.75) is 12.8 Å². The van der Waals surface area contributed by atoms with Gasteiger partial charge in [-0.05, 0) is 55.6 Å². The Morgan fingerprint density at radius 2 is 1.90 bits per heavy atom. The molecule has 3 rings (SSSR count). The molecule has 4 N–H and O–H groups in total. The third kappa shape index (κ3) is 5.56. The van der Waals surface area contributed by atoms with Crippen LogP contribution in [0.5, 0.6) is 5.75 Å². The summed E-state index contributed by atoms with van der Waals surface area (Å²) >= 11 is 6.32. The second-order valence-electron chi connectivity index (χ2n) is 7.60. The van der Waals surface area contributed by atoms with E-state index in [-0.39, 0.29) is 5.92 Å². The number of nitrogens with zero attached hydrogens (tertiary/aromatic N) is 2. The number of aromatic nitrogens is 2. The first-order valence-electron chi connectivity index (χ1n) is 9.82. The van der Waals surface area contributed by atoms with Crippen molar-refractivity contribution in [3.63, 3.8) is 0 Å². The van der Waals surface area contributed by atoms with Gasteiger partial charge < -0.3 is 25.7 Å². The van der Waals surface area contributed by atoms with E-state index >= 15 is 0 Å². The van der Waals surface area contributed by atoms with Crippen LogP contribution >= 0.6 is 18.7 Å². The van der Waals surface area contributed by atoms with Gasteiger partial charge in [-0.1, -0.05) is 36.7 Å². The summed E-state index contributed by atoms with van der Waals surface area (Å²) in [5.74, 6) is 1.64. The Kier molecular flexibility index (Phi) is 7.21. The Morgan fingerprint density at radius 1 is 1.16 bits per heavy atom. The van der Waals surface area contributed by atoms with Crippen molar-refractivity contribution in [2.75, 3.05) is 37.6 Å². The van der Waals surface area contributed by atoms with E-state index in [1.807, 2.05) is 42.5 Å². The number of methoxy groups -OCH3 is 1. The third-order valence-corrected chi connectivity index (χ3v) is 6.70. The maximum atomic E-state index is 12.6. The smallest absolute Gasteiger partial charge is 0.229 e. The summed E-state index contributed by atoms with van der Waals surface area (Å²) in [6.07, 6.45) is 1.51. The zero-order valence-electron chi connectivity index (χ0n) is 18.0. The molecule has 0 amide bonds. The zero-order valence-corrected chi connectivity index (χ0v) is 19.7. The molecule has 1 unspecified atom stereocenters. The molecule has 7 nitrogen and oxygen atoms in total. The lowest BCUT2D eigenvalue weighted by molar-refractivity contribution is 0.416. The topological polar surface area (TPSA) is 102 Å². The Balaban J connectivity index is 1.90. The van der Waals surface area contributed by atoms with Crippen LogP contribution in [0.4, 0.5) is 23.1 Å². The Morgan fingerprint density at radius 3 is 2.58 bits per heavy atom. The molecular weight excluding hydrogens is 433 g/mol. The average Bonchev–Trinajstić information content (AvgIpc) is 2.75. The Bertz CT molecular complexity index is 1120. The van der Waals surface area contributed by atoms with E-state index in [0.717, 1.165) is 16.6 Å². The van der Waals surface area contributed by atoms with E-state index in [2.05, 4.69) is 27.5 Å². The van der Waals surface area contributed by atoms with Crippen LogP contribution in [0.25, 0.3) is 0 Å². The predicted molar refractivity (Wildman–Crippen MR) is 130 cm³/mol. The summed E-state index contributed by atoms with van der Waals surface area (Å²) in [6, 6.07) is 13.3. The number of anilines is 4. The minimum atomic E-state index is -2.49. The van der Waals surface area contributed by atoms with Gasteiger partial charge in [-0.2, -0.15) is 4.98 Å². The first kappa shape index (κ1) is 23.1. The second-order valence-corrected chi connectivity index (χ2v) is 11.2. The van der Waals surface area contributed by atoms with E-state index in [1.165, 1.54) is 6.20 Å². The lowest BCUT2D eigenvalue weighted by Crippen LogP contribution is -2.11. The number of hydrogen-bond donors (Lipinski definition) is 3. The summed E-state index contributed by atoms with van der Waals surface area (Å²) in [7, 11) is -0.882. The van der Waals surface area contributed by atoms with Crippen LogP contribution in [0, 0.1) is 0 Å². The first-order chi connectivity index (χ1) is 14.7. The van der Waals surface area contributed by atoms with Gasteiger partial charge in [0, 0.05) is 5.30 Å². The van der Waals surface area contributed by atoms with Crippen LogP contribution in [0.3, 0.4) is 0 Å². The van der Waals surface area contributed by atoms with E-state index < -0.39 is 7.14 Å². The quantitative estimate of drug-likeness (QED) is 0.410. The van der Waals surface area contributed by atoms with Crippen molar-refractivity contribution in [2.24, 2.45) is 5.73 Å². The Hall–Kier alpha value is -2.60. The molecule has 2 aromatic carbocycles. The van der Waals surface area contributed by atoms with E-state index in [1.54, 1.807) is 20.4 Å². The molecule has 0 saturated heterocycles. The number of benzene rings is 2. The second kappa shape index (κ2) is 9.69. The molecule has 0 fully saturated rings. The lowest BCUT2D eigenvalue weighted by Gasteiger charge is -2.17. The molecule has 164 valence electrons. The number of halogens is 1. The fourth-order valence-corrected chi connectivity index (χ4v) is 4.36. The van der Waals surface area contributed by atoms with E-state index in [4.69, 9.17) is 22.1 Å². The fraction of sp³-hybridized carbons (Fsp3) is 0.273. The number of nitrogens with one attached hydrogen (secondary N) is 2. The summed E-state index contributed by atoms with van der Waals surface area (Å²) in [6.45, 7) is 6.06. The predicted octanol–water partition coefficient (Wildman–Crippen LogP) is 4.94. The summed E-state index contributed by atoms with van der Waals surface area (Å²) in [5.41, 5.74) is 8.28. The van der Waals surface area contributed by atoms with Crippen molar-refractivity contribution in [3.05, 3.63) is 59.2 Å². The van der Waals surface area contributed by atoms with Gasteiger partial charge in [-0.15, -0.1) is 0 Å². The maximum Gasteiger partial charge on any atom is 0.229 e. The molecule has 1 heterocycles. The molecule has 0 aliphatic heterocycles. The van der Waals surface area contributed by atoms with Crippen LogP contribution in [-0.2, 0) is 4.57 Å². The van der Waals surface area contributed by atoms with Gasteiger partial charge in [-0.3, -0.25) is 0 Å². The monoisotopic (exact) mass is 459 g/mol. The normalized spacial score (nSPS) is 12.3. The molecule has 0 aliphatic rings. The molecule has 0 bridgehead atoms. The van der Waals surface area contributed by atoms with Crippen molar-refractivity contribution >= 4 is 47.2 Å². The highest BCUT2D eigenvalue weighted by molar-refractivity contribution is 7.70. The molecule has 0 saturated carbocycles. The average molecular weight is 460 g/mol. The molecule has 1 aromatic heterocycles. The number of ether oxygens (including phenoxy) is 1. The van der Waals surface area contributed by atoms with Crippen LogP contribution < -0.4 is 26.4 Å². The molecule has 0 radical (unpaired) electrons. The van der Waals surface area contributed by atoms with Crippen LogP contribution in [0.2, 0.25) is 5.02 Å². The van der Waals surface area contributed by atoms with E-state index in [9.17, 15) is 4.57 Å². The van der Waals surface area contributed by atoms with Gasteiger partial charge >= 0.3 is 0 Å². The van der Waals surface area contributed by atoms with Crippen LogP contribution in [0.15, 0.2) is 48.7 Å². The van der Waals surface area contributed by atoms with Gasteiger partial charge in [0.25, 0.3) is 0 Å². The highest BCUT2D eigenvalue weighted by Gasteiger charge is 2.17. The lowest BCUT2D eigenvalue weighted by atomic mass is 10.0. The molecule has 0 aliphatic carbocycles. The molecule has 1 atom stereocenters.